The predicted molar refractivity (Wildman–Crippen MR) is 79.7 cm³/mol. The van der Waals surface area contributed by atoms with Gasteiger partial charge in [0.15, 0.2) is 0 Å². The molecule has 4 heteroatoms. The molecule has 0 aromatic carbocycles. The summed E-state index contributed by atoms with van der Waals surface area (Å²) in [4.78, 5) is 16.8. The molecule has 0 aliphatic rings. The van der Waals surface area contributed by atoms with Gasteiger partial charge in [-0.15, -0.1) is 0 Å². The van der Waals surface area contributed by atoms with Crippen LogP contribution in [0.3, 0.4) is 0 Å². The third kappa shape index (κ3) is 4.54. The molecule has 2 N–H and O–H groups in total. The van der Waals surface area contributed by atoms with E-state index in [1.165, 1.54) is 0 Å². The van der Waals surface area contributed by atoms with Crippen molar-refractivity contribution in [3.05, 3.63) is 23.4 Å². The van der Waals surface area contributed by atoms with E-state index >= 15 is 0 Å². The number of anilines is 1. The third-order valence-electron chi connectivity index (χ3n) is 2.60. The Bertz CT molecular complexity index is 467. The second-order valence-electron chi connectivity index (χ2n) is 6.83. The van der Waals surface area contributed by atoms with E-state index in [1.807, 2.05) is 26.8 Å². The van der Waals surface area contributed by atoms with Crippen LogP contribution in [0, 0.1) is 0 Å². The molecule has 0 atom stereocenters. The highest BCUT2D eigenvalue weighted by molar-refractivity contribution is 5.95. The molecule has 19 heavy (non-hydrogen) atoms. The van der Waals surface area contributed by atoms with Crippen LogP contribution in [0.4, 0.5) is 5.82 Å². The molecule has 106 valence electrons. The quantitative estimate of drug-likeness (QED) is 0.862. The number of aromatic nitrogens is 1. The van der Waals surface area contributed by atoms with Crippen molar-refractivity contribution in [3.63, 3.8) is 0 Å². The van der Waals surface area contributed by atoms with Gasteiger partial charge in [-0.25, -0.2) is 4.98 Å². The summed E-state index contributed by atoms with van der Waals surface area (Å²) in [5, 5.41) is 5.98. The summed E-state index contributed by atoms with van der Waals surface area (Å²) in [6.07, 6.45) is 0. The Kier molecular flexibility index (Phi) is 4.23. The van der Waals surface area contributed by atoms with E-state index in [4.69, 9.17) is 0 Å². The fraction of sp³-hybridized carbons (Fsp3) is 0.600. The molecule has 0 fully saturated rings. The maximum absolute atomic E-state index is 12.2. The van der Waals surface area contributed by atoms with Gasteiger partial charge in [-0.05, 0) is 32.9 Å². The smallest absolute Gasteiger partial charge is 0.251 e. The van der Waals surface area contributed by atoms with Gasteiger partial charge < -0.3 is 10.6 Å². The van der Waals surface area contributed by atoms with Gasteiger partial charge in [0, 0.05) is 29.3 Å². The number of carbonyl (C=O) groups excluding carboxylic acids is 1. The highest BCUT2D eigenvalue weighted by Crippen LogP contribution is 2.23. The molecule has 0 saturated heterocycles. The van der Waals surface area contributed by atoms with E-state index < -0.39 is 0 Å². The number of nitrogens with zero attached hydrogens (tertiary/aromatic N) is 1. The first-order valence-electron chi connectivity index (χ1n) is 6.56. The van der Waals surface area contributed by atoms with Gasteiger partial charge in [-0.1, -0.05) is 20.8 Å². The number of amides is 1. The highest BCUT2D eigenvalue weighted by atomic mass is 16.1. The molecule has 0 spiro atoms. The molecular weight excluding hydrogens is 238 g/mol. The van der Waals surface area contributed by atoms with Crippen LogP contribution in [0.15, 0.2) is 12.1 Å². The van der Waals surface area contributed by atoms with Gasteiger partial charge in [-0.3, -0.25) is 4.79 Å². The van der Waals surface area contributed by atoms with Crippen molar-refractivity contribution in [2.75, 3.05) is 12.4 Å². The van der Waals surface area contributed by atoms with Crippen LogP contribution in [0.25, 0.3) is 0 Å². The summed E-state index contributed by atoms with van der Waals surface area (Å²) in [7, 11) is 1.81. The highest BCUT2D eigenvalue weighted by Gasteiger charge is 2.21. The second-order valence-corrected chi connectivity index (χ2v) is 6.83. The lowest BCUT2D eigenvalue weighted by Gasteiger charge is -2.23. The molecule has 1 heterocycles. The van der Waals surface area contributed by atoms with Crippen LogP contribution in [0.1, 0.15) is 57.6 Å². The number of carbonyl (C=O) groups is 1. The molecule has 0 aliphatic heterocycles. The molecule has 1 aromatic rings. The number of hydrogen-bond acceptors (Lipinski definition) is 3. The van der Waals surface area contributed by atoms with Crippen LogP contribution in [-0.2, 0) is 5.41 Å². The summed E-state index contributed by atoms with van der Waals surface area (Å²) in [5.74, 6) is 0.642. The predicted octanol–water partition coefficient (Wildman–Crippen LogP) is 2.95. The Balaban J connectivity index is 3.18. The number of hydrogen-bond donors (Lipinski definition) is 2. The van der Waals surface area contributed by atoms with Crippen LogP contribution >= 0.6 is 0 Å². The van der Waals surface area contributed by atoms with E-state index in [0.717, 1.165) is 5.69 Å². The lowest BCUT2D eigenvalue weighted by molar-refractivity contribution is 0.0919. The van der Waals surface area contributed by atoms with Crippen molar-refractivity contribution in [3.8, 4) is 0 Å². The van der Waals surface area contributed by atoms with Gasteiger partial charge in [0.25, 0.3) is 5.91 Å². The van der Waals surface area contributed by atoms with E-state index in [1.54, 1.807) is 13.1 Å². The van der Waals surface area contributed by atoms with Gasteiger partial charge in [0.05, 0.1) is 0 Å². The van der Waals surface area contributed by atoms with Crippen molar-refractivity contribution < 1.29 is 4.79 Å². The van der Waals surface area contributed by atoms with E-state index in [0.29, 0.717) is 11.4 Å². The topological polar surface area (TPSA) is 54.0 Å². The largest absolute Gasteiger partial charge is 0.373 e. The summed E-state index contributed by atoms with van der Waals surface area (Å²) < 4.78 is 0. The molecule has 1 rings (SSSR count). The minimum absolute atomic E-state index is 0.0723. The van der Waals surface area contributed by atoms with Crippen molar-refractivity contribution in [1.82, 2.24) is 10.3 Å². The van der Waals surface area contributed by atoms with Crippen molar-refractivity contribution in [1.29, 1.82) is 0 Å². The molecule has 0 unspecified atom stereocenters. The first-order valence-corrected chi connectivity index (χ1v) is 6.56. The van der Waals surface area contributed by atoms with E-state index in [-0.39, 0.29) is 16.9 Å². The molecule has 0 saturated carbocycles. The molecule has 1 amide bonds. The number of rotatable bonds is 2. The molecule has 0 bridgehead atoms. The maximum Gasteiger partial charge on any atom is 0.251 e. The summed E-state index contributed by atoms with van der Waals surface area (Å²) >= 11 is 0. The normalized spacial score (nSPS) is 12.2. The first kappa shape index (κ1) is 15.5. The number of pyridine rings is 1. The zero-order valence-electron chi connectivity index (χ0n) is 13.0. The van der Waals surface area contributed by atoms with Crippen LogP contribution in [0.5, 0.6) is 0 Å². The van der Waals surface area contributed by atoms with Crippen molar-refractivity contribution in [2.24, 2.45) is 0 Å². The molecule has 1 aromatic heterocycles. The minimum Gasteiger partial charge on any atom is -0.373 e. The second kappa shape index (κ2) is 5.19. The lowest BCUT2D eigenvalue weighted by Crippen LogP contribution is -2.40. The van der Waals surface area contributed by atoms with Crippen molar-refractivity contribution in [2.45, 2.75) is 52.5 Å². The average Bonchev–Trinajstić information content (AvgIpc) is 2.25. The number of nitrogens with one attached hydrogen (secondary N) is 2. The van der Waals surface area contributed by atoms with Crippen molar-refractivity contribution >= 4 is 11.7 Å². The molecule has 4 nitrogen and oxygen atoms in total. The molecule has 0 radical (unpaired) electrons. The lowest BCUT2D eigenvalue weighted by atomic mass is 9.90. The monoisotopic (exact) mass is 263 g/mol. The Hall–Kier alpha value is -1.58. The molecule has 0 aliphatic carbocycles. The van der Waals surface area contributed by atoms with E-state index in [2.05, 4.69) is 36.4 Å². The Morgan fingerprint density at radius 3 is 2.11 bits per heavy atom. The molecular formula is C15H25N3O. The SMILES string of the molecule is CNc1cc(C(=O)NC(C)(C)C)cc(C(C)(C)C)n1. The summed E-state index contributed by atoms with van der Waals surface area (Å²) in [6, 6.07) is 3.64. The average molecular weight is 263 g/mol. The van der Waals surface area contributed by atoms with Gasteiger partial charge >= 0.3 is 0 Å². The Morgan fingerprint density at radius 2 is 1.68 bits per heavy atom. The Labute approximate surface area is 116 Å². The summed E-state index contributed by atoms with van der Waals surface area (Å²) in [6.45, 7) is 12.2. The fourth-order valence-electron chi connectivity index (χ4n) is 1.59. The van der Waals surface area contributed by atoms with Gasteiger partial charge in [-0.2, -0.15) is 0 Å². The van der Waals surface area contributed by atoms with Gasteiger partial charge in [0.1, 0.15) is 5.82 Å². The third-order valence-corrected chi connectivity index (χ3v) is 2.60. The minimum atomic E-state index is -0.248. The van der Waals surface area contributed by atoms with E-state index in [9.17, 15) is 4.79 Å². The maximum atomic E-state index is 12.2. The zero-order valence-corrected chi connectivity index (χ0v) is 13.0. The van der Waals surface area contributed by atoms with Crippen LogP contribution in [-0.4, -0.2) is 23.5 Å². The van der Waals surface area contributed by atoms with Gasteiger partial charge in [0.2, 0.25) is 0 Å². The van der Waals surface area contributed by atoms with Crippen LogP contribution in [0.2, 0.25) is 0 Å². The first-order chi connectivity index (χ1) is 8.53. The van der Waals surface area contributed by atoms with Crippen LogP contribution < -0.4 is 10.6 Å². The fourth-order valence-corrected chi connectivity index (χ4v) is 1.59. The Morgan fingerprint density at radius 1 is 1.11 bits per heavy atom. The summed E-state index contributed by atoms with van der Waals surface area (Å²) in [5.41, 5.74) is 1.20. The zero-order chi connectivity index (χ0) is 14.8. The standard InChI is InChI=1S/C15H25N3O/c1-14(2,3)11-8-10(9-12(16-7)17-11)13(19)18-15(4,5)6/h8-9H,1-7H3,(H,16,17)(H,18,19).